The highest BCUT2D eigenvalue weighted by atomic mass is 79.9. The summed E-state index contributed by atoms with van der Waals surface area (Å²) in [6, 6.07) is 5.75. The molecule has 0 saturated heterocycles. The van der Waals surface area contributed by atoms with Gasteiger partial charge in [-0.15, -0.1) is 11.3 Å². The standard InChI is InChI=1S/C14H15BrN2OS/c1-9-3-4-13(15)12(7-9)14(18)16-6-5-11-8-19-10(2)17-11/h3-4,7-8H,5-6H2,1-2H3,(H,16,18). The third kappa shape index (κ3) is 3.88. The van der Waals surface area contributed by atoms with Crippen molar-refractivity contribution in [2.45, 2.75) is 20.3 Å². The fourth-order valence-electron chi connectivity index (χ4n) is 1.74. The number of carbonyl (C=O) groups is 1. The summed E-state index contributed by atoms with van der Waals surface area (Å²) in [7, 11) is 0. The second kappa shape index (κ2) is 6.30. The monoisotopic (exact) mass is 338 g/mol. The molecule has 0 aliphatic carbocycles. The third-order valence-electron chi connectivity index (χ3n) is 2.70. The Hall–Kier alpha value is -1.20. The SMILES string of the molecule is Cc1ccc(Br)c(C(=O)NCCc2csc(C)n2)c1. The van der Waals surface area contributed by atoms with E-state index >= 15 is 0 Å². The quantitative estimate of drug-likeness (QED) is 0.926. The van der Waals surface area contributed by atoms with Crippen molar-refractivity contribution < 1.29 is 4.79 Å². The van der Waals surface area contributed by atoms with Crippen molar-refractivity contribution in [3.05, 3.63) is 49.9 Å². The van der Waals surface area contributed by atoms with Gasteiger partial charge >= 0.3 is 0 Å². The van der Waals surface area contributed by atoms with Crippen LogP contribution in [-0.4, -0.2) is 17.4 Å². The van der Waals surface area contributed by atoms with Crippen LogP contribution in [0.5, 0.6) is 0 Å². The fraction of sp³-hybridized carbons (Fsp3) is 0.286. The van der Waals surface area contributed by atoms with Crippen molar-refractivity contribution in [3.63, 3.8) is 0 Å². The molecule has 1 aromatic heterocycles. The van der Waals surface area contributed by atoms with Crippen LogP contribution in [0.25, 0.3) is 0 Å². The molecule has 0 fully saturated rings. The van der Waals surface area contributed by atoms with Crippen LogP contribution in [0.3, 0.4) is 0 Å². The van der Waals surface area contributed by atoms with Crippen molar-refractivity contribution in [1.82, 2.24) is 10.3 Å². The molecule has 1 aromatic carbocycles. The summed E-state index contributed by atoms with van der Waals surface area (Å²) >= 11 is 5.03. The van der Waals surface area contributed by atoms with Gasteiger partial charge in [-0.05, 0) is 41.9 Å². The Morgan fingerprint density at radius 1 is 1.42 bits per heavy atom. The van der Waals surface area contributed by atoms with E-state index in [4.69, 9.17) is 0 Å². The molecule has 3 nitrogen and oxygen atoms in total. The number of nitrogens with zero attached hydrogens (tertiary/aromatic N) is 1. The van der Waals surface area contributed by atoms with Gasteiger partial charge < -0.3 is 5.32 Å². The summed E-state index contributed by atoms with van der Waals surface area (Å²) in [4.78, 5) is 16.4. The van der Waals surface area contributed by atoms with Gasteiger partial charge in [-0.3, -0.25) is 4.79 Å². The van der Waals surface area contributed by atoms with Crippen molar-refractivity contribution in [2.24, 2.45) is 0 Å². The first kappa shape index (κ1) is 14.2. The Morgan fingerprint density at radius 2 is 2.21 bits per heavy atom. The van der Waals surface area contributed by atoms with E-state index in [0.717, 1.165) is 27.2 Å². The Kier molecular flexibility index (Phi) is 4.71. The highest BCUT2D eigenvalue weighted by Crippen LogP contribution is 2.18. The fourth-order valence-corrected chi connectivity index (χ4v) is 2.81. The van der Waals surface area contributed by atoms with Gasteiger partial charge in [-0.2, -0.15) is 0 Å². The summed E-state index contributed by atoms with van der Waals surface area (Å²) < 4.78 is 0.820. The molecular formula is C14H15BrN2OS. The molecule has 1 N–H and O–H groups in total. The molecule has 5 heteroatoms. The number of benzene rings is 1. The predicted molar refractivity (Wildman–Crippen MR) is 81.8 cm³/mol. The van der Waals surface area contributed by atoms with Gasteiger partial charge in [0.15, 0.2) is 0 Å². The van der Waals surface area contributed by atoms with Gasteiger partial charge in [-0.25, -0.2) is 4.98 Å². The van der Waals surface area contributed by atoms with Crippen molar-refractivity contribution >= 4 is 33.2 Å². The van der Waals surface area contributed by atoms with Crippen LogP contribution in [0, 0.1) is 13.8 Å². The summed E-state index contributed by atoms with van der Waals surface area (Å²) in [5.74, 6) is -0.0532. The average Bonchev–Trinajstić information content (AvgIpc) is 2.78. The van der Waals surface area contributed by atoms with Crippen LogP contribution in [0.15, 0.2) is 28.1 Å². The second-order valence-corrected chi connectivity index (χ2v) is 6.26. The number of hydrogen-bond donors (Lipinski definition) is 1. The van der Waals surface area contributed by atoms with Crippen molar-refractivity contribution in [2.75, 3.05) is 6.54 Å². The summed E-state index contributed by atoms with van der Waals surface area (Å²) in [6.45, 7) is 4.56. The highest BCUT2D eigenvalue weighted by Gasteiger charge is 2.09. The molecule has 2 rings (SSSR count). The molecule has 0 atom stereocenters. The Morgan fingerprint density at radius 3 is 2.89 bits per heavy atom. The molecule has 2 aromatic rings. The molecule has 100 valence electrons. The van der Waals surface area contributed by atoms with Crippen LogP contribution in [-0.2, 0) is 6.42 Å². The third-order valence-corrected chi connectivity index (χ3v) is 4.21. The van der Waals surface area contributed by atoms with Gasteiger partial charge in [0, 0.05) is 22.8 Å². The number of carbonyl (C=O) groups excluding carboxylic acids is 1. The van der Waals surface area contributed by atoms with E-state index in [2.05, 4.69) is 26.2 Å². The van der Waals surface area contributed by atoms with Gasteiger partial charge in [-0.1, -0.05) is 11.6 Å². The molecule has 0 aliphatic heterocycles. The molecule has 1 amide bonds. The van der Waals surface area contributed by atoms with Crippen LogP contribution in [0.1, 0.15) is 26.6 Å². The number of nitrogens with one attached hydrogen (secondary N) is 1. The Bertz CT molecular complexity index is 595. The van der Waals surface area contributed by atoms with Crippen molar-refractivity contribution in [1.29, 1.82) is 0 Å². The van der Waals surface area contributed by atoms with E-state index in [0.29, 0.717) is 12.1 Å². The van der Waals surface area contributed by atoms with Crippen LogP contribution >= 0.6 is 27.3 Å². The average molecular weight is 339 g/mol. The van der Waals surface area contributed by atoms with E-state index in [1.54, 1.807) is 11.3 Å². The topological polar surface area (TPSA) is 42.0 Å². The number of amides is 1. The first-order valence-corrected chi connectivity index (χ1v) is 7.69. The molecule has 1 heterocycles. The lowest BCUT2D eigenvalue weighted by molar-refractivity contribution is 0.0953. The van der Waals surface area contributed by atoms with Crippen LogP contribution in [0.4, 0.5) is 0 Å². The summed E-state index contributed by atoms with van der Waals surface area (Å²) in [5, 5.41) is 6.01. The van der Waals surface area contributed by atoms with Crippen LogP contribution in [0.2, 0.25) is 0 Å². The molecule has 19 heavy (non-hydrogen) atoms. The lowest BCUT2D eigenvalue weighted by atomic mass is 10.1. The zero-order valence-corrected chi connectivity index (χ0v) is 13.3. The molecular weight excluding hydrogens is 324 g/mol. The van der Waals surface area contributed by atoms with E-state index in [1.807, 2.05) is 37.4 Å². The highest BCUT2D eigenvalue weighted by molar-refractivity contribution is 9.10. The normalized spacial score (nSPS) is 10.5. The first-order chi connectivity index (χ1) is 9.06. The van der Waals surface area contributed by atoms with E-state index < -0.39 is 0 Å². The largest absolute Gasteiger partial charge is 0.352 e. The van der Waals surface area contributed by atoms with Gasteiger partial charge in [0.25, 0.3) is 5.91 Å². The molecule has 0 aliphatic rings. The smallest absolute Gasteiger partial charge is 0.252 e. The number of thiazole rings is 1. The lowest BCUT2D eigenvalue weighted by Gasteiger charge is -2.07. The van der Waals surface area contributed by atoms with Gasteiger partial charge in [0.05, 0.1) is 16.3 Å². The van der Waals surface area contributed by atoms with E-state index in [1.165, 1.54) is 0 Å². The number of hydrogen-bond acceptors (Lipinski definition) is 3. The zero-order chi connectivity index (χ0) is 13.8. The van der Waals surface area contributed by atoms with Gasteiger partial charge in [0.1, 0.15) is 0 Å². The number of rotatable bonds is 4. The maximum atomic E-state index is 12.1. The first-order valence-electron chi connectivity index (χ1n) is 6.01. The molecule has 0 bridgehead atoms. The maximum Gasteiger partial charge on any atom is 0.252 e. The predicted octanol–water partition coefficient (Wildman–Crippen LogP) is 3.49. The molecule has 0 saturated carbocycles. The Labute approximate surface area is 125 Å². The maximum absolute atomic E-state index is 12.1. The minimum Gasteiger partial charge on any atom is -0.352 e. The minimum atomic E-state index is -0.0532. The number of aromatic nitrogens is 1. The van der Waals surface area contributed by atoms with Crippen LogP contribution < -0.4 is 5.32 Å². The molecule has 0 unspecified atom stereocenters. The van der Waals surface area contributed by atoms with Gasteiger partial charge in [0.2, 0.25) is 0 Å². The number of aryl methyl sites for hydroxylation is 2. The Balaban J connectivity index is 1.92. The lowest BCUT2D eigenvalue weighted by Crippen LogP contribution is -2.26. The summed E-state index contributed by atoms with van der Waals surface area (Å²) in [5.41, 5.74) is 2.78. The molecule has 0 spiro atoms. The minimum absolute atomic E-state index is 0.0532. The summed E-state index contributed by atoms with van der Waals surface area (Å²) in [6.07, 6.45) is 0.763. The van der Waals surface area contributed by atoms with E-state index in [-0.39, 0.29) is 5.91 Å². The zero-order valence-electron chi connectivity index (χ0n) is 10.9. The van der Waals surface area contributed by atoms with E-state index in [9.17, 15) is 4.79 Å². The second-order valence-electron chi connectivity index (χ2n) is 4.35. The van der Waals surface area contributed by atoms with Crippen molar-refractivity contribution in [3.8, 4) is 0 Å². The number of halogens is 1. The molecule has 0 radical (unpaired) electrons.